The zero-order chi connectivity index (χ0) is 14.8. The molecule has 0 spiro atoms. The topological polar surface area (TPSA) is 48.1 Å². The molecule has 0 aliphatic heterocycles. The van der Waals surface area contributed by atoms with Gasteiger partial charge in [0, 0.05) is 6.20 Å². The van der Waals surface area contributed by atoms with Crippen molar-refractivity contribution in [2.24, 2.45) is 5.73 Å². The Labute approximate surface area is 126 Å². The number of rotatable bonds is 3. The van der Waals surface area contributed by atoms with Crippen LogP contribution in [0, 0.1) is 0 Å². The Morgan fingerprint density at radius 2 is 1.76 bits per heavy atom. The van der Waals surface area contributed by atoms with Crippen molar-refractivity contribution in [3.8, 4) is 5.75 Å². The summed E-state index contributed by atoms with van der Waals surface area (Å²) >= 11 is 0. The first-order chi connectivity index (χ1) is 9.43. The van der Waals surface area contributed by atoms with E-state index in [1.165, 1.54) is 19.4 Å². The van der Waals surface area contributed by atoms with Gasteiger partial charge in [0.05, 0.1) is 24.4 Å². The number of pyridine rings is 1. The van der Waals surface area contributed by atoms with Crippen LogP contribution in [0.2, 0.25) is 0 Å². The van der Waals surface area contributed by atoms with Crippen LogP contribution in [0.5, 0.6) is 5.75 Å². The first-order valence-electron chi connectivity index (χ1n) is 5.85. The molecule has 0 amide bonds. The van der Waals surface area contributed by atoms with E-state index in [-0.39, 0.29) is 18.1 Å². The maximum Gasteiger partial charge on any atom is 0.418 e. The number of ether oxygens (including phenoxy) is 1. The number of hydrogen-bond donors (Lipinski definition) is 1. The third kappa shape index (κ3) is 3.86. The van der Waals surface area contributed by atoms with E-state index in [4.69, 9.17) is 10.5 Å². The Balaban J connectivity index is 0.00000220. The Bertz CT molecular complexity index is 588. The minimum atomic E-state index is -4.48. The van der Waals surface area contributed by atoms with Gasteiger partial charge in [0.15, 0.2) is 0 Å². The number of alkyl halides is 3. The van der Waals surface area contributed by atoms with Gasteiger partial charge in [-0.05, 0) is 29.8 Å². The van der Waals surface area contributed by atoms with Gasteiger partial charge < -0.3 is 10.5 Å². The smallest absolute Gasteiger partial charge is 0.418 e. The van der Waals surface area contributed by atoms with Crippen molar-refractivity contribution < 1.29 is 17.9 Å². The second-order valence-corrected chi connectivity index (χ2v) is 4.18. The summed E-state index contributed by atoms with van der Waals surface area (Å²) < 4.78 is 43.8. The molecule has 1 aromatic heterocycles. The van der Waals surface area contributed by atoms with Crippen molar-refractivity contribution in [2.75, 3.05) is 7.11 Å². The highest BCUT2D eigenvalue weighted by atomic mass is 35.5. The molecule has 0 aliphatic rings. The zero-order valence-corrected chi connectivity index (χ0v) is 11.9. The molecule has 1 heterocycles. The van der Waals surface area contributed by atoms with Crippen molar-refractivity contribution in [3.63, 3.8) is 0 Å². The summed E-state index contributed by atoms with van der Waals surface area (Å²) in [7, 11) is 1.51. The van der Waals surface area contributed by atoms with Gasteiger partial charge in [0.2, 0.25) is 0 Å². The molecule has 0 saturated carbocycles. The van der Waals surface area contributed by atoms with Crippen LogP contribution in [0.1, 0.15) is 22.9 Å². The summed E-state index contributed by atoms with van der Waals surface area (Å²) in [6, 6.07) is 7.81. The normalized spacial score (nSPS) is 12.4. The summed E-state index contributed by atoms with van der Waals surface area (Å²) in [5.74, 6) is 0.609. The van der Waals surface area contributed by atoms with Gasteiger partial charge >= 0.3 is 6.18 Å². The van der Waals surface area contributed by atoms with Crippen molar-refractivity contribution in [1.29, 1.82) is 0 Å². The maximum atomic E-state index is 12.9. The SMILES string of the molecule is COc1ccc(C(N)c2ncccc2C(F)(F)F)cc1.Cl. The zero-order valence-electron chi connectivity index (χ0n) is 11.1. The number of benzene rings is 1. The molecule has 3 nitrogen and oxygen atoms in total. The van der Waals surface area contributed by atoms with Crippen molar-refractivity contribution in [2.45, 2.75) is 12.2 Å². The number of nitrogens with zero attached hydrogens (tertiary/aromatic N) is 1. The molecule has 2 rings (SSSR count). The van der Waals surface area contributed by atoms with Gasteiger partial charge in [-0.1, -0.05) is 12.1 Å². The number of methoxy groups -OCH3 is 1. The van der Waals surface area contributed by atoms with Crippen molar-refractivity contribution >= 4 is 12.4 Å². The van der Waals surface area contributed by atoms with Crippen LogP contribution in [0.4, 0.5) is 13.2 Å². The molecule has 0 aliphatic carbocycles. The molecule has 114 valence electrons. The molecule has 0 bridgehead atoms. The van der Waals surface area contributed by atoms with Crippen LogP contribution in [0.3, 0.4) is 0 Å². The second kappa shape index (κ2) is 6.78. The van der Waals surface area contributed by atoms with E-state index >= 15 is 0 Å². The molecule has 2 aromatic rings. The molecule has 7 heteroatoms. The van der Waals surface area contributed by atoms with Crippen LogP contribution in [0.15, 0.2) is 42.6 Å². The summed E-state index contributed by atoms with van der Waals surface area (Å²) in [5, 5.41) is 0. The summed E-state index contributed by atoms with van der Waals surface area (Å²) in [5.41, 5.74) is 5.43. The van der Waals surface area contributed by atoms with Crippen LogP contribution in [-0.2, 0) is 6.18 Å². The van der Waals surface area contributed by atoms with Gasteiger partial charge in [0.1, 0.15) is 5.75 Å². The fourth-order valence-electron chi connectivity index (χ4n) is 1.87. The largest absolute Gasteiger partial charge is 0.497 e. The fourth-order valence-corrected chi connectivity index (χ4v) is 1.87. The molecular formula is C14H14ClF3N2O. The molecule has 1 unspecified atom stereocenters. The predicted molar refractivity (Wildman–Crippen MR) is 75.5 cm³/mol. The Hall–Kier alpha value is -1.79. The standard InChI is InChI=1S/C14H13F3N2O.ClH/c1-20-10-6-4-9(5-7-10)12(18)13-11(14(15,16)17)3-2-8-19-13;/h2-8,12H,18H2,1H3;1H. The lowest BCUT2D eigenvalue weighted by atomic mass is 10.00. The van der Waals surface area contributed by atoms with Gasteiger partial charge in [-0.15, -0.1) is 12.4 Å². The first kappa shape index (κ1) is 17.3. The first-order valence-corrected chi connectivity index (χ1v) is 5.85. The number of hydrogen-bond acceptors (Lipinski definition) is 3. The van der Waals surface area contributed by atoms with E-state index in [2.05, 4.69) is 4.98 Å². The minimum Gasteiger partial charge on any atom is -0.497 e. The van der Waals surface area contributed by atoms with Crippen LogP contribution >= 0.6 is 12.4 Å². The Kier molecular flexibility index (Phi) is 5.57. The molecule has 0 fully saturated rings. The maximum absolute atomic E-state index is 12.9. The predicted octanol–water partition coefficient (Wildman–Crippen LogP) is 3.58. The van der Waals surface area contributed by atoms with E-state index in [1.807, 2.05) is 0 Å². The lowest BCUT2D eigenvalue weighted by molar-refractivity contribution is -0.138. The van der Waals surface area contributed by atoms with Gasteiger partial charge in [-0.3, -0.25) is 4.98 Å². The lowest BCUT2D eigenvalue weighted by Crippen LogP contribution is -2.20. The lowest BCUT2D eigenvalue weighted by Gasteiger charge is -2.17. The third-order valence-electron chi connectivity index (χ3n) is 2.91. The van der Waals surface area contributed by atoms with Crippen LogP contribution in [0.25, 0.3) is 0 Å². The van der Waals surface area contributed by atoms with E-state index in [1.54, 1.807) is 24.3 Å². The quantitative estimate of drug-likeness (QED) is 0.941. The van der Waals surface area contributed by atoms with Crippen molar-refractivity contribution in [1.82, 2.24) is 4.98 Å². The van der Waals surface area contributed by atoms with E-state index < -0.39 is 17.8 Å². The molecular weight excluding hydrogens is 305 g/mol. The van der Waals surface area contributed by atoms with Crippen molar-refractivity contribution in [3.05, 3.63) is 59.4 Å². The van der Waals surface area contributed by atoms with E-state index in [9.17, 15) is 13.2 Å². The Morgan fingerprint density at radius 1 is 1.14 bits per heavy atom. The monoisotopic (exact) mass is 318 g/mol. The molecule has 1 atom stereocenters. The van der Waals surface area contributed by atoms with E-state index in [0.717, 1.165) is 6.07 Å². The van der Waals surface area contributed by atoms with Gasteiger partial charge in [0.25, 0.3) is 0 Å². The summed E-state index contributed by atoms with van der Waals surface area (Å²) in [6.07, 6.45) is -3.18. The highest BCUT2D eigenvalue weighted by Gasteiger charge is 2.35. The number of halogens is 4. The highest BCUT2D eigenvalue weighted by Crippen LogP contribution is 2.34. The molecule has 1 aromatic carbocycles. The minimum absolute atomic E-state index is 0. The molecule has 0 radical (unpaired) electrons. The second-order valence-electron chi connectivity index (χ2n) is 4.18. The summed E-state index contributed by atoms with van der Waals surface area (Å²) in [6.45, 7) is 0. The summed E-state index contributed by atoms with van der Waals surface area (Å²) in [4.78, 5) is 3.79. The van der Waals surface area contributed by atoms with Gasteiger partial charge in [-0.2, -0.15) is 13.2 Å². The van der Waals surface area contributed by atoms with Crippen LogP contribution < -0.4 is 10.5 Å². The highest BCUT2D eigenvalue weighted by molar-refractivity contribution is 5.85. The fraction of sp³-hybridized carbons (Fsp3) is 0.214. The number of nitrogens with two attached hydrogens (primary N) is 1. The third-order valence-corrected chi connectivity index (χ3v) is 2.91. The van der Waals surface area contributed by atoms with E-state index in [0.29, 0.717) is 11.3 Å². The number of aromatic nitrogens is 1. The molecule has 2 N–H and O–H groups in total. The average Bonchev–Trinajstić information content (AvgIpc) is 2.46. The molecule has 0 saturated heterocycles. The Morgan fingerprint density at radius 3 is 2.29 bits per heavy atom. The van der Waals surface area contributed by atoms with Gasteiger partial charge in [-0.25, -0.2) is 0 Å². The molecule has 21 heavy (non-hydrogen) atoms. The van der Waals surface area contributed by atoms with Crippen LogP contribution in [-0.4, -0.2) is 12.1 Å². The average molecular weight is 319 g/mol.